The number of aromatic nitrogens is 2. The SMILES string of the molecule is CCc1cc(CN2CCNCC2C)n(CC)n1. The summed E-state index contributed by atoms with van der Waals surface area (Å²) in [6.45, 7) is 12.0. The van der Waals surface area contributed by atoms with Crippen molar-refractivity contribution in [1.82, 2.24) is 20.0 Å². The topological polar surface area (TPSA) is 33.1 Å². The fourth-order valence-electron chi connectivity index (χ4n) is 2.41. The molecule has 0 radical (unpaired) electrons. The van der Waals surface area contributed by atoms with Gasteiger partial charge in [-0.3, -0.25) is 9.58 Å². The van der Waals surface area contributed by atoms with E-state index in [0.29, 0.717) is 6.04 Å². The second-order valence-corrected chi connectivity index (χ2v) is 4.82. The van der Waals surface area contributed by atoms with E-state index >= 15 is 0 Å². The Labute approximate surface area is 104 Å². The Morgan fingerprint density at radius 3 is 2.94 bits per heavy atom. The van der Waals surface area contributed by atoms with Crippen LogP contribution in [0.3, 0.4) is 0 Å². The zero-order valence-electron chi connectivity index (χ0n) is 11.2. The first-order chi connectivity index (χ1) is 8.24. The summed E-state index contributed by atoms with van der Waals surface area (Å²) < 4.78 is 2.15. The molecule has 0 aliphatic carbocycles. The van der Waals surface area contributed by atoms with E-state index in [2.05, 4.69) is 46.8 Å². The number of aryl methyl sites for hydroxylation is 2. The molecule has 1 aromatic rings. The second kappa shape index (κ2) is 5.65. The van der Waals surface area contributed by atoms with E-state index in [4.69, 9.17) is 0 Å². The average molecular weight is 236 g/mol. The monoisotopic (exact) mass is 236 g/mol. The van der Waals surface area contributed by atoms with Crippen LogP contribution in [0.2, 0.25) is 0 Å². The lowest BCUT2D eigenvalue weighted by atomic mass is 10.2. The number of hydrogen-bond acceptors (Lipinski definition) is 3. The van der Waals surface area contributed by atoms with Gasteiger partial charge in [-0.2, -0.15) is 5.10 Å². The number of nitrogens with one attached hydrogen (secondary N) is 1. The highest BCUT2D eigenvalue weighted by Crippen LogP contribution is 2.12. The third-order valence-electron chi connectivity index (χ3n) is 3.58. The molecule has 1 aliphatic rings. The Morgan fingerprint density at radius 1 is 1.47 bits per heavy atom. The van der Waals surface area contributed by atoms with Gasteiger partial charge in [-0.25, -0.2) is 0 Å². The molecule has 1 aliphatic heterocycles. The van der Waals surface area contributed by atoms with Crippen molar-refractivity contribution in [3.8, 4) is 0 Å². The largest absolute Gasteiger partial charge is 0.314 e. The van der Waals surface area contributed by atoms with Gasteiger partial charge in [0.05, 0.1) is 11.4 Å². The summed E-state index contributed by atoms with van der Waals surface area (Å²) in [4.78, 5) is 2.54. The molecule has 0 amide bonds. The fourth-order valence-corrected chi connectivity index (χ4v) is 2.41. The molecule has 4 nitrogen and oxygen atoms in total. The van der Waals surface area contributed by atoms with E-state index in [9.17, 15) is 0 Å². The number of piperazine rings is 1. The first kappa shape index (κ1) is 12.6. The summed E-state index contributed by atoms with van der Waals surface area (Å²) in [7, 11) is 0. The summed E-state index contributed by atoms with van der Waals surface area (Å²) >= 11 is 0. The predicted molar refractivity (Wildman–Crippen MR) is 70.0 cm³/mol. The van der Waals surface area contributed by atoms with E-state index < -0.39 is 0 Å². The minimum Gasteiger partial charge on any atom is -0.314 e. The van der Waals surface area contributed by atoms with Crippen molar-refractivity contribution in [2.45, 2.75) is 46.3 Å². The Kier molecular flexibility index (Phi) is 4.18. The van der Waals surface area contributed by atoms with Crippen molar-refractivity contribution >= 4 is 0 Å². The van der Waals surface area contributed by atoms with E-state index in [1.807, 2.05) is 0 Å². The zero-order valence-corrected chi connectivity index (χ0v) is 11.2. The Morgan fingerprint density at radius 2 is 2.29 bits per heavy atom. The zero-order chi connectivity index (χ0) is 12.3. The standard InChI is InChI=1S/C13H24N4/c1-4-12-8-13(17(5-2)15-12)10-16-7-6-14-9-11(16)3/h8,11,14H,4-7,9-10H2,1-3H3. The van der Waals surface area contributed by atoms with Gasteiger partial charge < -0.3 is 5.32 Å². The highest BCUT2D eigenvalue weighted by molar-refractivity contribution is 5.10. The van der Waals surface area contributed by atoms with Gasteiger partial charge in [-0.15, -0.1) is 0 Å². The van der Waals surface area contributed by atoms with Crippen molar-refractivity contribution in [3.05, 3.63) is 17.5 Å². The van der Waals surface area contributed by atoms with Crippen LogP contribution in [0.5, 0.6) is 0 Å². The predicted octanol–water partition coefficient (Wildman–Crippen LogP) is 1.26. The highest BCUT2D eigenvalue weighted by atomic mass is 15.3. The lowest BCUT2D eigenvalue weighted by molar-refractivity contribution is 0.161. The van der Waals surface area contributed by atoms with Gasteiger partial charge in [0, 0.05) is 38.8 Å². The van der Waals surface area contributed by atoms with Gasteiger partial charge >= 0.3 is 0 Å². The average Bonchev–Trinajstić information content (AvgIpc) is 2.74. The molecule has 1 unspecified atom stereocenters. The Hall–Kier alpha value is -0.870. The van der Waals surface area contributed by atoms with Gasteiger partial charge in [0.2, 0.25) is 0 Å². The minimum atomic E-state index is 0.619. The molecule has 1 atom stereocenters. The van der Waals surface area contributed by atoms with Crippen LogP contribution in [0.4, 0.5) is 0 Å². The molecular formula is C13H24N4. The first-order valence-corrected chi connectivity index (χ1v) is 6.75. The first-order valence-electron chi connectivity index (χ1n) is 6.75. The van der Waals surface area contributed by atoms with Crippen LogP contribution in [-0.4, -0.2) is 40.4 Å². The normalized spacial score (nSPS) is 21.9. The molecule has 0 aromatic carbocycles. The fraction of sp³-hybridized carbons (Fsp3) is 0.769. The maximum atomic E-state index is 4.61. The number of hydrogen-bond donors (Lipinski definition) is 1. The van der Waals surface area contributed by atoms with Crippen LogP contribution < -0.4 is 5.32 Å². The van der Waals surface area contributed by atoms with E-state index in [0.717, 1.165) is 39.1 Å². The van der Waals surface area contributed by atoms with Crippen molar-refractivity contribution in [1.29, 1.82) is 0 Å². The molecular weight excluding hydrogens is 212 g/mol. The van der Waals surface area contributed by atoms with Crippen LogP contribution in [-0.2, 0) is 19.5 Å². The third kappa shape index (κ3) is 2.87. The maximum absolute atomic E-state index is 4.61. The minimum absolute atomic E-state index is 0.619. The van der Waals surface area contributed by atoms with Crippen molar-refractivity contribution in [2.75, 3.05) is 19.6 Å². The molecule has 96 valence electrons. The van der Waals surface area contributed by atoms with E-state index in [-0.39, 0.29) is 0 Å². The van der Waals surface area contributed by atoms with Crippen molar-refractivity contribution in [2.24, 2.45) is 0 Å². The molecule has 1 fully saturated rings. The molecule has 1 saturated heterocycles. The van der Waals surface area contributed by atoms with Gasteiger partial charge in [-0.05, 0) is 26.3 Å². The van der Waals surface area contributed by atoms with Crippen molar-refractivity contribution in [3.63, 3.8) is 0 Å². The molecule has 17 heavy (non-hydrogen) atoms. The van der Waals surface area contributed by atoms with E-state index in [1.54, 1.807) is 0 Å². The van der Waals surface area contributed by atoms with E-state index in [1.165, 1.54) is 11.4 Å². The van der Waals surface area contributed by atoms with Gasteiger partial charge in [0.15, 0.2) is 0 Å². The smallest absolute Gasteiger partial charge is 0.0625 e. The molecule has 0 bridgehead atoms. The Balaban J connectivity index is 2.08. The Bertz CT molecular complexity index is 358. The third-order valence-corrected chi connectivity index (χ3v) is 3.58. The summed E-state index contributed by atoms with van der Waals surface area (Å²) in [6, 6.07) is 2.88. The van der Waals surface area contributed by atoms with Crippen LogP contribution in [0.15, 0.2) is 6.07 Å². The maximum Gasteiger partial charge on any atom is 0.0625 e. The van der Waals surface area contributed by atoms with Gasteiger partial charge in [0.25, 0.3) is 0 Å². The van der Waals surface area contributed by atoms with Gasteiger partial charge in [-0.1, -0.05) is 6.92 Å². The van der Waals surface area contributed by atoms with Crippen LogP contribution in [0.25, 0.3) is 0 Å². The summed E-state index contributed by atoms with van der Waals surface area (Å²) in [5, 5.41) is 8.04. The molecule has 1 aromatic heterocycles. The molecule has 0 spiro atoms. The van der Waals surface area contributed by atoms with Crippen LogP contribution >= 0.6 is 0 Å². The molecule has 0 saturated carbocycles. The molecule has 2 rings (SSSR count). The van der Waals surface area contributed by atoms with Crippen LogP contribution in [0.1, 0.15) is 32.2 Å². The molecule has 1 N–H and O–H groups in total. The summed E-state index contributed by atoms with van der Waals surface area (Å²) in [6.07, 6.45) is 1.02. The number of nitrogens with zero attached hydrogens (tertiary/aromatic N) is 3. The molecule has 2 heterocycles. The number of rotatable bonds is 4. The van der Waals surface area contributed by atoms with Gasteiger partial charge in [0.1, 0.15) is 0 Å². The second-order valence-electron chi connectivity index (χ2n) is 4.82. The molecule has 4 heteroatoms. The quantitative estimate of drug-likeness (QED) is 0.854. The lowest BCUT2D eigenvalue weighted by Gasteiger charge is -2.33. The summed E-state index contributed by atoms with van der Waals surface area (Å²) in [5.74, 6) is 0. The summed E-state index contributed by atoms with van der Waals surface area (Å²) in [5.41, 5.74) is 2.57. The van der Waals surface area contributed by atoms with Crippen molar-refractivity contribution < 1.29 is 0 Å². The van der Waals surface area contributed by atoms with Crippen LogP contribution in [0, 0.1) is 0 Å². The lowest BCUT2D eigenvalue weighted by Crippen LogP contribution is -2.49. The highest BCUT2D eigenvalue weighted by Gasteiger charge is 2.19.